The molecule has 0 saturated carbocycles. The zero-order valence-electron chi connectivity index (χ0n) is 11.2. The van der Waals surface area contributed by atoms with Crippen LogP contribution in [0.4, 0.5) is 13.2 Å². The van der Waals surface area contributed by atoms with Gasteiger partial charge in [-0.05, 0) is 13.8 Å². The molecule has 0 aromatic heterocycles. The summed E-state index contributed by atoms with van der Waals surface area (Å²) in [5.41, 5.74) is 5.19. The van der Waals surface area contributed by atoms with Gasteiger partial charge in [0.05, 0.1) is 12.6 Å². The topological polar surface area (TPSA) is 58.4 Å². The van der Waals surface area contributed by atoms with Crippen molar-refractivity contribution in [2.75, 3.05) is 13.1 Å². The van der Waals surface area contributed by atoms with Gasteiger partial charge in [-0.25, -0.2) is 0 Å². The number of hydrogen-bond donors (Lipinski definition) is 2. The maximum atomic E-state index is 12.4. The molecule has 1 amide bonds. The van der Waals surface area contributed by atoms with Gasteiger partial charge in [0, 0.05) is 18.6 Å². The van der Waals surface area contributed by atoms with Crippen LogP contribution >= 0.6 is 0 Å². The Balaban J connectivity index is 4.66. The fraction of sp³-hybridized carbons (Fsp3) is 0.909. The molecular formula is C11H22F3N3O. The lowest BCUT2D eigenvalue weighted by Crippen LogP contribution is -2.54. The van der Waals surface area contributed by atoms with Crippen LogP contribution in [0.25, 0.3) is 0 Å². The summed E-state index contributed by atoms with van der Waals surface area (Å²) in [7, 11) is 0. The molecule has 1 unspecified atom stereocenters. The molecule has 0 aliphatic rings. The summed E-state index contributed by atoms with van der Waals surface area (Å²) in [6.45, 7) is 5.82. The fourth-order valence-corrected chi connectivity index (χ4v) is 1.55. The average molecular weight is 269 g/mol. The summed E-state index contributed by atoms with van der Waals surface area (Å²) < 4.78 is 37.2. The van der Waals surface area contributed by atoms with Crippen molar-refractivity contribution in [2.45, 2.75) is 52.0 Å². The maximum absolute atomic E-state index is 12.4. The Morgan fingerprint density at radius 3 is 2.06 bits per heavy atom. The number of halogens is 3. The van der Waals surface area contributed by atoms with Gasteiger partial charge in [-0.15, -0.1) is 0 Å². The van der Waals surface area contributed by atoms with E-state index in [1.807, 2.05) is 0 Å². The Bertz CT molecular complexity index is 267. The van der Waals surface area contributed by atoms with Crippen molar-refractivity contribution in [2.24, 2.45) is 5.73 Å². The third-order valence-corrected chi connectivity index (χ3v) is 2.41. The van der Waals surface area contributed by atoms with Crippen LogP contribution in [0.5, 0.6) is 0 Å². The molecule has 0 bridgehead atoms. The molecular weight excluding hydrogens is 247 g/mol. The number of primary amides is 1. The van der Waals surface area contributed by atoms with Crippen LogP contribution in [-0.2, 0) is 4.79 Å². The number of nitrogens with one attached hydrogen (secondary N) is 1. The molecule has 3 N–H and O–H groups in total. The summed E-state index contributed by atoms with van der Waals surface area (Å²) in [4.78, 5) is 12.4. The van der Waals surface area contributed by atoms with Gasteiger partial charge >= 0.3 is 6.18 Å². The molecule has 0 aromatic rings. The van der Waals surface area contributed by atoms with Gasteiger partial charge in [0.2, 0.25) is 5.91 Å². The molecule has 0 saturated heterocycles. The maximum Gasteiger partial charge on any atom is 0.401 e. The van der Waals surface area contributed by atoms with Gasteiger partial charge in [0.25, 0.3) is 0 Å². The minimum Gasteiger partial charge on any atom is -0.368 e. The molecule has 18 heavy (non-hydrogen) atoms. The molecule has 0 heterocycles. The van der Waals surface area contributed by atoms with E-state index in [1.165, 1.54) is 4.90 Å². The van der Waals surface area contributed by atoms with E-state index in [4.69, 9.17) is 5.73 Å². The Morgan fingerprint density at radius 2 is 1.78 bits per heavy atom. The number of rotatable bonds is 7. The van der Waals surface area contributed by atoms with Gasteiger partial charge in [0.15, 0.2) is 0 Å². The van der Waals surface area contributed by atoms with Crippen molar-refractivity contribution in [1.82, 2.24) is 10.2 Å². The molecule has 7 heteroatoms. The lowest BCUT2D eigenvalue weighted by Gasteiger charge is -2.31. The molecule has 4 nitrogen and oxygen atoms in total. The van der Waals surface area contributed by atoms with E-state index in [0.717, 1.165) is 0 Å². The van der Waals surface area contributed by atoms with Gasteiger partial charge in [-0.1, -0.05) is 13.8 Å². The van der Waals surface area contributed by atoms with Gasteiger partial charge in [-0.3, -0.25) is 9.69 Å². The standard InChI is InChI=1S/C11H22F3N3O/c1-7(2)16-9(10(15)18)5-17(8(3)4)6-11(12,13)14/h7-9,16H,5-6H2,1-4H3,(H2,15,18). The fourth-order valence-electron chi connectivity index (χ4n) is 1.55. The third kappa shape index (κ3) is 7.50. The van der Waals surface area contributed by atoms with E-state index in [0.29, 0.717) is 0 Å². The largest absolute Gasteiger partial charge is 0.401 e. The van der Waals surface area contributed by atoms with E-state index in [1.54, 1.807) is 27.7 Å². The average Bonchev–Trinajstić information content (AvgIpc) is 2.12. The highest BCUT2D eigenvalue weighted by Crippen LogP contribution is 2.18. The van der Waals surface area contributed by atoms with Gasteiger partial charge in [-0.2, -0.15) is 13.2 Å². The minimum absolute atomic E-state index is 0.0256. The van der Waals surface area contributed by atoms with Crippen molar-refractivity contribution in [3.8, 4) is 0 Å². The van der Waals surface area contributed by atoms with Crippen LogP contribution in [0.15, 0.2) is 0 Å². The van der Waals surface area contributed by atoms with E-state index in [9.17, 15) is 18.0 Å². The monoisotopic (exact) mass is 269 g/mol. The van der Waals surface area contributed by atoms with Crippen molar-refractivity contribution in [3.05, 3.63) is 0 Å². The number of nitrogens with zero attached hydrogens (tertiary/aromatic N) is 1. The van der Waals surface area contributed by atoms with E-state index >= 15 is 0 Å². The van der Waals surface area contributed by atoms with Crippen LogP contribution < -0.4 is 11.1 Å². The second-order valence-electron chi connectivity index (χ2n) is 4.91. The Hall–Kier alpha value is -0.820. The molecule has 1 atom stereocenters. The van der Waals surface area contributed by atoms with Crippen LogP contribution in [-0.4, -0.2) is 48.2 Å². The second kappa shape index (κ2) is 6.94. The summed E-state index contributed by atoms with van der Waals surface area (Å²) in [5.74, 6) is -0.642. The molecule has 0 aliphatic heterocycles. The summed E-state index contributed by atoms with van der Waals surface area (Å²) >= 11 is 0. The highest BCUT2D eigenvalue weighted by Gasteiger charge is 2.33. The molecule has 0 radical (unpaired) electrons. The molecule has 0 spiro atoms. The van der Waals surface area contributed by atoms with E-state index in [-0.39, 0.29) is 18.6 Å². The number of carbonyl (C=O) groups is 1. The SMILES string of the molecule is CC(C)NC(CN(CC(F)(F)F)C(C)C)C(N)=O. The summed E-state index contributed by atoms with van der Waals surface area (Å²) in [5, 5.41) is 2.87. The zero-order valence-corrected chi connectivity index (χ0v) is 11.2. The van der Waals surface area contributed by atoms with Crippen LogP contribution in [0.2, 0.25) is 0 Å². The Morgan fingerprint density at radius 1 is 1.28 bits per heavy atom. The molecule has 108 valence electrons. The third-order valence-electron chi connectivity index (χ3n) is 2.41. The van der Waals surface area contributed by atoms with E-state index < -0.39 is 24.7 Å². The highest BCUT2D eigenvalue weighted by atomic mass is 19.4. The van der Waals surface area contributed by atoms with Gasteiger partial charge in [0.1, 0.15) is 0 Å². The predicted molar refractivity (Wildman–Crippen MR) is 64.0 cm³/mol. The second-order valence-corrected chi connectivity index (χ2v) is 4.91. The number of nitrogens with two attached hydrogens (primary N) is 1. The lowest BCUT2D eigenvalue weighted by molar-refractivity contribution is -0.151. The normalized spacial score (nSPS) is 14.6. The number of alkyl halides is 3. The first-order valence-corrected chi connectivity index (χ1v) is 5.89. The molecule has 0 aromatic carbocycles. The highest BCUT2D eigenvalue weighted by molar-refractivity contribution is 5.80. The number of hydrogen-bond acceptors (Lipinski definition) is 3. The number of carbonyl (C=O) groups excluding carboxylic acids is 1. The first-order valence-electron chi connectivity index (χ1n) is 5.89. The van der Waals surface area contributed by atoms with Crippen molar-refractivity contribution >= 4 is 5.91 Å². The van der Waals surface area contributed by atoms with Gasteiger partial charge < -0.3 is 11.1 Å². The molecule has 0 rings (SSSR count). The number of amides is 1. The molecule has 0 aliphatic carbocycles. The van der Waals surface area contributed by atoms with E-state index in [2.05, 4.69) is 5.32 Å². The van der Waals surface area contributed by atoms with Crippen LogP contribution in [0, 0.1) is 0 Å². The Labute approximate surface area is 106 Å². The van der Waals surface area contributed by atoms with Crippen molar-refractivity contribution < 1.29 is 18.0 Å². The zero-order chi connectivity index (χ0) is 14.5. The van der Waals surface area contributed by atoms with Crippen LogP contribution in [0.3, 0.4) is 0 Å². The lowest BCUT2D eigenvalue weighted by atomic mass is 10.2. The summed E-state index contributed by atoms with van der Waals surface area (Å²) in [6, 6.07) is -1.13. The smallest absolute Gasteiger partial charge is 0.368 e. The quantitative estimate of drug-likeness (QED) is 0.728. The molecule has 0 fully saturated rings. The van der Waals surface area contributed by atoms with Crippen molar-refractivity contribution in [1.29, 1.82) is 0 Å². The van der Waals surface area contributed by atoms with Crippen molar-refractivity contribution in [3.63, 3.8) is 0 Å². The minimum atomic E-state index is -4.29. The summed E-state index contributed by atoms with van der Waals surface area (Å²) in [6.07, 6.45) is -4.29. The predicted octanol–water partition coefficient (Wildman–Crippen LogP) is 1.11. The first-order chi connectivity index (χ1) is 8.03. The Kier molecular flexibility index (Phi) is 6.62. The van der Waals surface area contributed by atoms with Crippen LogP contribution in [0.1, 0.15) is 27.7 Å². The first kappa shape index (κ1) is 17.2.